The number of H-pyrrole nitrogens is 1. The molecular weight excluding hydrogens is 294 g/mol. The van der Waals surface area contributed by atoms with Gasteiger partial charge in [0.1, 0.15) is 11.6 Å². The number of rotatable bonds is 5. The molecule has 1 aromatic heterocycles. The monoisotopic (exact) mass is 315 g/mol. The fourth-order valence-electron chi connectivity index (χ4n) is 2.03. The zero-order valence-electron chi connectivity index (χ0n) is 13.8. The van der Waals surface area contributed by atoms with E-state index in [1.807, 2.05) is 19.9 Å². The minimum atomic E-state index is -0.178. The minimum absolute atomic E-state index is 0.0570. The Bertz CT molecular complexity index is 766. The van der Waals surface area contributed by atoms with Gasteiger partial charge in [0.05, 0.1) is 0 Å². The first-order valence-corrected chi connectivity index (χ1v) is 7.47. The highest BCUT2D eigenvalue weighted by atomic mass is 16.5. The van der Waals surface area contributed by atoms with E-state index in [9.17, 15) is 9.59 Å². The molecule has 0 saturated carbocycles. The highest BCUT2D eigenvalue weighted by molar-refractivity contribution is 5.77. The molecule has 2 N–H and O–H groups in total. The molecule has 0 spiro atoms. The average molecular weight is 315 g/mol. The zero-order valence-corrected chi connectivity index (χ0v) is 13.8. The van der Waals surface area contributed by atoms with Crippen LogP contribution < -0.4 is 15.6 Å². The lowest BCUT2D eigenvalue weighted by Gasteiger charge is -2.10. The first-order valence-electron chi connectivity index (χ1n) is 7.47. The standard InChI is InChI=1S/C17H21N3O3/c1-10(2)18-15(21)9-23-14-7-5-6-13(8-14)16-19-12(4)11(3)17(22)20-16/h5-8,10H,9H2,1-4H3,(H,18,21)(H,19,20,22). The maximum atomic E-state index is 11.9. The summed E-state index contributed by atoms with van der Waals surface area (Å²) in [5.74, 6) is 0.848. The molecule has 0 aliphatic heterocycles. The van der Waals surface area contributed by atoms with E-state index in [0.717, 1.165) is 5.56 Å². The van der Waals surface area contributed by atoms with Crippen LogP contribution in [-0.4, -0.2) is 28.5 Å². The topological polar surface area (TPSA) is 84.1 Å². The van der Waals surface area contributed by atoms with E-state index < -0.39 is 0 Å². The number of nitrogens with zero attached hydrogens (tertiary/aromatic N) is 1. The Morgan fingerprint density at radius 3 is 2.74 bits per heavy atom. The molecule has 0 aliphatic carbocycles. The number of hydrogen-bond donors (Lipinski definition) is 2. The van der Waals surface area contributed by atoms with E-state index in [2.05, 4.69) is 15.3 Å². The van der Waals surface area contributed by atoms with Gasteiger partial charge >= 0.3 is 0 Å². The molecular formula is C17H21N3O3. The van der Waals surface area contributed by atoms with E-state index in [1.165, 1.54) is 0 Å². The molecule has 0 fully saturated rings. The summed E-state index contributed by atoms with van der Waals surface area (Å²) >= 11 is 0. The van der Waals surface area contributed by atoms with Gasteiger partial charge in [0.2, 0.25) is 0 Å². The number of aromatic amines is 1. The molecule has 0 unspecified atom stereocenters. The Balaban J connectivity index is 2.17. The molecule has 1 aromatic carbocycles. The zero-order chi connectivity index (χ0) is 17.0. The lowest BCUT2D eigenvalue weighted by molar-refractivity contribution is -0.123. The van der Waals surface area contributed by atoms with Crippen LogP contribution in [0.2, 0.25) is 0 Å². The van der Waals surface area contributed by atoms with E-state index in [-0.39, 0.29) is 24.1 Å². The van der Waals surface area contributed by atoms with E-state index in [0.29, 0.717) is 22.8 Å². The Labute approximate surface area is 134 Å². The number of nitrogens with one attached hydrogen (secondary N) is 2. The first kappa shape index (κ1) is 16.7. The highest BCUT2D eigenvalue weighted by Crippen LogP contribution is 2.20. The van der Waals surface area contributed by atoms with Crippen LogP contribution in [0, 0.1) is 13.8 Å². The molecule has 2 rings (SSSR count). The van der Waals surface area contributed by atoms with Gasteiger partial charge in [-0.1, -0.05) is 12.1 Å². The summed E-state index contributed by atoms with van der Waals surface area (Å²) in [6, 6.07) is 7.19. The molecule has 23 heavy (non-hydrogen) atoms. The van der Waals surface area contributed by atoms with Gasteiger partial charge in [-0.05, 0) is 39.8 Å². The Morgan fingerprint density at radius 1 is 1.35 bits per heavy atom. The molecule has 0 atom stereocenters. The van der Waals surface area contributed by atoms with Crippen molar-refractivity contribution in [2.24, 2.45) is 0 Å². The fraction of sp³-hybridized carbons (Fsp3) is 0.353. The van der Waals surface area contributed by atoms with Gasteiger partial charge in [-0.2, -0.15) is 0 Å². The molecule has 0 bridgehead atoms. The van der Waals surface area contributed by atoms with Gasteiger partial charge in [0.15, 0.2) is 6.61 Å². The van der Waals surface area contributed by atoms with Crippen LogP contribution in [0.5, 0.6) is 5.75 Å². The first-order chi connectivity index (χ1) is 10.9. The predicted octanol–water partition coefficient (Wildman–Crippen LogP) is 1.96. The van der Waals surface area contributed by atoms with E-state index in [4.69, 9.17) is 4.74 Å². The van der Waals surface area contributed by atoms with E-state index >= 15 is 0 Å². The van der Waals surface area contributed by atoms with Crippen LogP contribution in [-0.2, 0) is 4.79 Å². The number of ether oxygens (including phenoxy) is 1. The van der Waals surface area contributed by atoms with Crippen LogP contribution >= 0.6 is 0 Å². The van der Waals surface area contributed by atoms with Crippen LogP contribution in [0.1, 0.15) is 25.1 Å². The Kier molecular flexibility index (Phi) is 5.16. The number of aromatic nitrogens is 2. The molecule has 2 aromatic rings. The maximum absolute atomic E-state index is 11.9. The molecule has 0 saturated heterocycles. The number of benzene rings is 1. The van der Waals surface area contributed by atoms with E-state index in [1.54, 1.807) is 32.0 Å². The second-order valence-electron chi connectivity index (χ2n) is 5.66. The smallest absolute Gasteiger partial charge is 0.258 e. The summed E-state index contributed by atoms with van der Waals surface area (Å²) < 4.78 is 5.48. The summed E-state index contributed by atoms with van der Waals surface area (Å²) in [4.78, 5) is 30.6. The van der Waals surface area contributed by atoms with Gasteiger partial charge in [0, 0.05) is 22.9 Å². The third kappa shape index (κ3) is 4.42. The van der Waals surface area contributed by atoms with Crippen molar-refractivity contribution in [1.82, 2.24) is 15.3 Å². The van der Waals surface area contributed by atoms with Crippen LogP contribution in [0.4, 0.5) is 0 Å². The predicted molar refractivity (Wildman–Crippen MR) is 88.5 cm³/mol. The van der Waals surface area contributed by atoms with Crippen molar-refractivity contribution in [2.75, 3.05) is 6.61 Å². The average Bonchev–Trinajstić information content (AvgIpc) is 2.50. The number of aryl methyl sites for hydroxylation is 1. The number of amides is 1. The molecule has 1 amide bonds. The summed E-state index contributed by atoms with van der Waals surface area (Å²) in [6.07, 6.45) is 0. The second-order valence-corrected chi connectivity index (χ2v) is 5.66. The summed E-state index contributed by atoms with van der Waals surface area (Å²) in [6.45, 7) is 7.25. The molecule has 6 heteroatoms. The van der Waals surface area contributed by atoms with Crippen LogP contribution in [0.3, 0.4) is 0 Å². The lowest BCUT2D eigenvalue weighted by atomic mass is 10.2. The molecule has 122 valence electrons. The molecule has 0 aliphatic rings. The molecule has 0 radical (unpaired) electrons. The van der Waals surface area contributed by atoms with Gasteiger partial charge in [-0.15, -0.1) is 0 Å². The van der Waals surface area contributed by atoms with Crippen molar-refractivity contribution < 1.29 is 9.53 Å². The van der Waals surface area contributed by atoms with Crippen molar-refractivity contribution in [2.45, 2.75) is 33.7 Å². The summed E-state index contributed by atoms with van der Waals surface area (Å²) in [5, 5.41) is 2.76. The van der Waals surface area contributed by atoms with Crippen LogP contribution in [0.25, 0.3) is 11.4 Å². The Hall–Kier alpha value is -2.63. The van der Waals surface area contributed by atoms with Gasteiger partial charge < -0.3 is 15.0 Å². The third-order valence-electron chi connectivity index (χ3n) is 3.32. The lowest BCUT2D eigenvalue weighted by Crippen LogP contribution is -2.34. The van der Waals surface area contributed by atoms with Crippen molar-refractivity contribution in [3.8, 4) is 17.1 Å². The highest BCUT2D eigenvalue weighted by Gasteiger charge is 2.08. The number of carbonyl (C=O) groups is 1. The van der Waals surface area contributed by atoms with Crippen molar-refractivity contribution in [3.05, 3.63) is 45.9 Å². The summed E-state index contributed by atoms with van der Waals surface area (Å²) in [5.41, 5.74) is 1.86. The molecule has 1 heterocycles. The normalized spacial score (nSPS) is 10.7. The van der Waals surface area contributed by atoms with Crippen molar-refractivity contribution in [3.63, 3.8) is 0 Å². The van der Waals surface area contributed by atoms with Crippen molar-refractivity contribution >= 4 is 5.91 Å². The second kappa shape index (κ2) is 7.09. The number of carbonyl (C=O) groups excluding carboxylic acids is 1. The maximum Gasteiger partial charge on any atom is 0.258 e. The van der Waals surface area contributed by atoms with Gasteiger partial charge in [-0.25, -0.2) is 4.98 Å². The van der Waals surface area contributed by atoms with Gasteiger partial charge in [0.25, 0.3) is 11.5 Å². The SMILES string of the molecule is Cc1nc(-c2cccc(OCC(=O)NC(C)C)c2)[nH]c(=O)c1C. The van der Waals surface area contributed by atoms with Crippen LogP contribution in [0.15, 0.2) is 29.1 Å². The number of hydrogen-bond acceptors (Lipinski definition) is 4. The quantitative estimate of drug-likeness (QED) is 0.883. The molecule has 6 nitrogen and oxygen atoms in total. The Morgan fingerprint density at radius 2 is 2.09 bits per heavy atom. The summed E-state index contributed by atoms with van der Waals surface area (Å²) in [7, 11) is 0. The largest absolute Gasteiger partial charge is 0.484 e. The van der Waals surface area contributed by atoms with Crippen molar-refractivity contribution in [1.29, 1.82) is 0 Å². The minimum Gasteiger partial charge on any atom is -0.484 e. The fourth-order valence-corrected chi connectivity index (χ4v) is 2.03. The third-order valence-corrected chi connectivity index (χ3v) is 3.32. The van der Waals surface area contributed by atoms with Gasteiger partial charge in [-0.3, -0.25) is 9.59 Å².